The summed E-state index contributed by atoms with van der Waals surface area (Å²) in [5.74, 6) is -0.200. The van der Waals surface area contributed by atoms with Gasteiger partial charge >= 0.3 is 0 Å². The fourth-order valence-corrected chi connectivity index (χ4v) is 10.1. The zero-order valence-electron chi connectivity index (χ0n) is 52.0. The van der Waals surface area contributed by atoms with E-state index in [0.717, 1.165) is 96.3 Å². The molecule has 6 N–H and O–H groups in total. The van der Waals surface area contributed by atoms with Crippen LogP contribution in [0.4, 0.5) is 0 Å². The summed E-state index contributed by atoms with van der Waals surface area (Å²) in [6.07, 6.45) is 81.8. The smallest absolute Gasteiger partial charge is 0.220 e. The third-order valence-corrected chi connectivity index (χ3v) is 15.3. The van der Waals surface area contributed by atoms with Crippen molar-refractivity contribution in [3.8, 4) is 0 Å². The van der Waals surface area contributed by atoms with Crippen LogP contribution in [-0.4, -0.2) is 87.5 Å². The van der Waals surface area contributed by atoms with E-state index in [9.17, 15) is 30.3 Å². The van der Waals surface area contributed by atoms with Crippen LogP contribution in [0.1, 0.15) is 284 Å². The molecule has 7 unspecified atom stereocenters. The third-order valence-electron chi connectivity index (χ3n) is 15.3. The van der Waals surface area contributed by atoms with Crippen LogP contribution < -0.4 is 5.32 Å². The van der Waals surface area contributed by atoms with Crippen molar-refractivity contribution in [3.63, 3.8) is 0 Å². The Hall–Kier alpha value is -3.15. The van der Waals surface area contributed by atoms with Crippen molar-refractivity contribution >= 4 is 5.91 Å². The number of carbonyl (C=O) groups excluding carboxylic acids is 1. The van der Waals surface area contributed by atoms with Crippen molar-refractivity contribution in [1.82, 2.24) is 5.32 Å². The van der Waals surface area contributed by atoms with Crippen LogP contribution in [-0.2, 0) is 14.3 Å². The molecule has 7 atom stereocenters. The predicted octanol–water partition coefficient (Wildman–Crippen LogP) is 18.1. The number of carbonyl (C=O) groups is 1. The minimum atomic E-state index is -1.58. The molecule has 0 aromatic carbocycles. The Morgan fingerprint density at radius 3 is 1.19 bits per heavy atom. The second kappa shape index (κ2) is 60.0. The summed E-state index contributed by atoms with van der Waals surface area (Å²) in [7, 11) is 0. The number of hydrogen-bond donors (Lipinski definition) is 6. The number of allylic oxidation sites excluding steroid dienone is 17. The molecule has 0 spiro atoms. The fraction of sp³-hybridized carbons (Fsp3) is 0.736. The molecule has 0 radical (unpaired) electrons. The van der Waals surface area contributed by atoms with E-state index in [1.165, 1.54) is 167 Å². The SMILES string of the molecule is CC/C=C\C/C=C\C/C=C\C/C=C\C/C=C\C/C=C\C/C=C\CCCCCCCCCC(=O)NC(COC1OC(CO)C(O)C(O)C1O)C(O)/C=C/CC/C=C/CCCCCCCCCCCCCCCCCCCCCCCCC. The van der Waals surface area contributed by atoms with Crippen molar-refractivity contribution in [2.24, 2.45) is 0 Å². The first-order chi connectivity index (χ1) is 39.8. The first-order valence-corrected chi connectivity index (χ1v) is 33.6. The number of hydrogen-bond acceptors (Lipinski definition) is 8. The topological polar surface area (TPSA) is 149 Å². The standard InChI is InChI=1S/C72H125NO8/c1-3-5-7-9-11-13-15-17-19-21-23-25-27-29-31-33-35-37-39-41-43-45-47-49-51-53-55-57-59-61-66(75)65(64-80-72-71(79)70(78)69(77)67(63-74)81-72)73-68(76)62-60-58-56-54-52-50-48-46-44-42-40-38-36-34-32-30-28-26-24-22-20-18-16-14-12-10-8-6-4-2/h6,8,12,14,18,20,24,26,30,32,36,38,42,44,51,53,59,61,65-67,69-72,74-75,77-79H,3-5,7,9-11,13,15-17,19,21-23,25,27-29,31,33-35,37,39-41,43,45-50,52,54-58,60,62-64H2,1-2H3,(H,73,76)/b8-6-,14-12-,20-18-,26-24-,32-30-,38-36-,44-42-,53-51+,61-59+. The van der Waals surface area contributed by atoms with Gasteiger partial charge in [0, 0.05) is 6.42 Å². The van der Waals surface area contributed by atoms with Crippen LogP contribution in [0.5, 0.6) is 0 Å². The monoisotopic (exact) mass is 1130 g/mol. The van der Waals surface area contributed by atoms with Crippen molar-refractivity contribution in [3.05, 3.63) is 109 Å². The predicted molar refractivity (Wildman–Crippen MR) is 345 cm³/mol. The highest BCUT2D eigenvalue weighted by atomic mass is 16.7. The van der Waals surface area contributed by atoms with Gasteiger partial charge in [-0.2, -0.15) is 0 Å². The maximum absolute atomic E-state index is 13.1. The minimum absolute atomic E-state index is 0.200. The minimum Gasteiger partial charge on any atom is -0.394 e. The zero-order valence-corrected chi connectivity index (χ0v) is 52.0. The summed E-state index contributed by atoms with van der Waals surface area (Å²) >= 11 is 0. The Bertz CT molecular complexity index is 1640. The maximum Gasteiger partial charge on any atom is 0.220 e. The molecule has 1 aliphatic rings. The molecule has 1 fully saturated rings. The van der Waals surface area contributed by atoms with Crippen LogP contribution >= 0.6 is 0 Å². The number of ether oxygens (including phenoxy) is 2. The Balaban J connectivity index is 2.21. The van der Waals surface area contributed by atoms with Gasteiger partial charge in [-0.1, -0.05) is 297 Å². The van der Waals surface area contributed by atoms with Gasteiger partial charge in [0.2, 0.25) is 5.91 Å². The van der Waals surface area contributed by atoms with Gasteiger partial charge in [0.15, 0.2) is 6.29 Å². The maximum atomic E-state index is 13.1. The van der Waals surface area contributed by atoms with Crippen molar-refractivity contribution in [1.29, 1.82) is 0 Å². The molecule has 1 rings (SSSR count). The van der Waals surface area contributed by atoms with Crippen LogP contribution in [0, 0.1) is 0 Å². The Morgan fingerprint density at radius 1 is 0.432 bits per heavy atom. The highest BCUT2D eigenvalue weighted by molar-refractivity contribution is 5.76. The molecule has 81 heavy (non-hydrogen) atoms. The summed E-state index contributed by atoms with van der Waals surface area (Å²) in [6, 6.07) is -0.838. The van der Waals surface area contributed by atoms with E-state index in [-0.39, 0.29) is 12.5 Å². The molecular formula is C72H125NO8. The lowest BCUT2D eigenvalue weighted by Gasteiger charge is -2.40. The highest BCUT2D eigenvalue weighted by Crippen LogP contribution is 2.23. The molecule has 466 valence electrons. The first-order valence-electron chi connectivity index (χ1n) is 33.6. The molecule has 0 saturated carbocycles. The fourth-order valence-electron chi connectivity index (χ4n) is 10.1. The summed E-state index contributed by atoms with van der Waals surface area (Å²) in [4.78, 5) is 13.1. The molecule has 1 saturated heterocycles. The molecule has 0 aromatic heterocycles. The molecule has 1 heterocycles. The third kappa shape index (κ3) is 48.9. The summed E-state index contributed by atoms with van der Waals surface area (Å²) < 4.78 is 11.3. The van der Waals surface area contributed by atoms with Gasteiger partial charge in [-0.25, -0.2) is 0 Å². The summed E-state index contributed by atoms with van der Waals surface area (Å²) in [6.45, 7) is 3.66. The summed E-state index contributed by atoms with van der Waals surface area (Å²) in [5.41, 5.74) is 0. The number of aliphatic hydroxyl groups is 5. The van der Waals surface area contributed by atoms with Gasteiger partial charge in [-0.05, 0) is 89.9 Å². The lowest BCUT2D eigenvalue weighted by Crippen LogP contribution is -2.60. The van der Waals surface area contributed by atoms with E-state index < -0.39 is 49.5 Å². The normalized spacial score (nSPS) is 19.1. The average Bonchev–Trinajstić information content (AvgIpc) is 3.51. The van der Waals surface area contributed by atoms with E-state index in [1.54, 1.807) is 6.08 Å². The van der Waals surface area contributed by atoms with E-state index >= 15 is 0 Å². The highest BCUT2D eigenvalue weighted by Gasteiger charge is 2.44. The molecule has 9 nitrogen and oxygen atoms in total. The van der Waals surface area contributed by atoms with Gasteiger partial charge in [0.25, 0.3) is 0 Å². The van der Waals surface area contributed by atoms with Crippen molar-refractivity contribution < 1.29 is 39.8 Å². The number of rotatable bonds is 57. The largest absolute Gasteiger partial charge is 0.394 e. The molecule has 9 heteroatoms. The summed E-state index contributed by atoms with van der Waals surface area (Å²) in [5, 5.41) is 54.7. The Labute approximate surface area is 497 Å². The lowest BCUT2D eigenvalue weighted by molar-refractivity contribution is -0.302. The lowest BCUT2D eigenvalue weighted by atomic mass is 9.99. The van der Waals surface area contributed by atoms with Crippen LogP contribution in [0.25, 0.3) is 0 Å². The molecule has 1 aliphatic heterocycles. The number of unbranched alkanes of at least 4 members (excludes halogenated alkanes) is 31. The molecule has 0 bridgehead atoms. The first kappa shape index (κ1) is 75.9. The number of aliphatic hydroxyl groups excluding tert-OH is 5. The van der Waals surface area contributed by atoms with Gasteiger partial charge in [-0.3, -0.25) is 4.79 Å². The van der Waals surface area contributed by atoms with Gasteiger partial charge < -0.3 is 40.3 Å². The van der Waals surface area contributed by atoms with E-state index in [2.05, 4.69) is 116 Å². The van der Waals surface area contributed by atoms with Gasteiger partial charge in [-0.15, -0.1) is 0 Å². The van der Waals surface area contributed by atoms with Gasteiger partial charge in [0.05, 0.1) is 25.4 Å². The second-order valence-corrected chi connectivity index (χ2v) is 22.9. The van der Waals surface area contributed by atoms with Crippen LogP contribution in [0.3, 0.4) is 0 Å². The van der Waals surface area contributed by atoms with Crippen LogP contribution in [0.2, 0.25) is 0 Å². The van der Waals surface area contributed by atoms with E-state index in [4.69, 9.17) is 9.47 Å². The second-order valence-electron chi connectivity index (χ2n) is 22.9. The zero-order chi connectivity index (χ0) is 58.6. The van der Waals surface area contributed by atoms with E-state index in [1.807, 2.05) is 6.08 Å². The molecule has 1 amide bonds. The Kier molecular flexibility index (Phi) is 56.2. The van der Waals surface area contributed by atoms with Crippen molar-refractivity contribution in [2.45, 2.75) is 326 Å². The molecule has 0 aliphatic carbocycles. The van der Waals surface area contributed by atoms with Crippen LogP contribution in [0.15, 0.2) is 109 Å². The Morgan fingerprint density at radius 2 is 0.778 bits per heavy atom. The number of amides is 1. The van der Waals surface area contributed by atoms with Crippen molar-refractivity contribution in [2.75, 3.05) is 13.2 Å². The molecule has 0 aromatic rings. The quantitative estimate of drug-likeness (QED) is 0.0261. The van der Waals surface area contributed by atoms with E-state index in [0.29, 0.717) is 6.42 Å². The molecular weight excluding hydrogens is 1010 g/mol. The number of nitrogens with one attached hydrogen (secondary N) is 1. The van der Waals surface area contributed by atoms with Gasteiger partial charge in [0.1, 0.15) is 24.4 Å². The average molecular weight is 1130 g/mol.